The Hall–Kier alpha value is -1.84. The maximum atomic E-state index is 12.1. The van der Waals surface area contributed by atoms with Crippen LogP contribution in [-0.4, -0.2) is 24.0 Å². The molecule has 0 heterocycles. The fraction of sp³-hybridized carbons (Fsp3) is 0.500. The van der Waals surface area contributed by atoms with E-state index in [-0.39, 0.29) is 24.0 Å². The third kappa shape index (κ3) is 3.83. The molecule has 0 bridgehead atoms. The zero-order valence-corrected chi connectivity index (χ0v) is 12.7. The molecule has 110 valence electrons. The summed E-state index contributed by atoms with van der Waals surface area (Å²) in [6.45, 7) is 7.98. The summed E-state index contributed by atoms with van der Waals surface area (Å²) in [6, 6.07) is 3.67. The van der Waals surface area contributed by atoms with Crippen molar-refractivity contribution in [2.45, 2.75) is 46.0 Å². The van der Waals surface area contributed by atoms with E-state index in [1.54, 1.807) is 7.11 Å². The highest BCUT2D eigenvalue weighted by Crippen LogP contribution is 2.34. The maximum absolute atomic E-state index is 12.1. The highest BCUT2D eigenvalue weighted by Gasteiger charge is 2.22. The van der Waals surface area contributed by atoms with Crippen molar-refractivity contribution in [1.29, 1.82) is 0 Å². The average molecular weight is 278 g/mol. The van der Waals surface area contributed by atoms with Crippen LogP contribution < -0.4 is 4.74 Å². The SMILES string of the molecule is COc1cc(C)c(C(=O)CCC(=O)O)cc1C(C)(C)C. The van der Waals surface area contributed by atoms with Gasteiger partial charge in [0.15, 0.2) is 5.78 Å². The number of ketones is 1. The van der Waals surface area contributed by atoms with Crippen LogP contribution in [0.4, 0.5) is 0 Å². The molecule has 4 nitrogen and oxygen atoms in total. The Morgan fingerprint density at radius 2 is 1.80 bits per heavy atom. The van der Waals surface area contributed by atoms with Crippen LogP contribution >= 0.6 is 0 Å². The number of carboxylic acids is 1. The zero-order valence-electron chi connectivity index (χ0n) is 12.7. The second-order valence-corrected chi connectivity index (χ2v) is 5.93. The minimum Gasteiger partial charge on any atom is -0.496 e. The van der Waals surface area contributed by atoms with Gasteiger partial charge in [-0.15, -0.1) is 0 Å². The summed E-state index contributed by atoms with van der Waals surface area (Å²) >= 11 is 0. The number of carbonyl (C=O) groups excluding carboxylic acids is 1. The molecule has 0 aromatic heterocycles. The summed E-state index contributed by atoms with van der Waals surface area (Å²) in [5, 5.41) is 8.67. The van der Waals surface area contributed by atoms with Gasteiger partial charge in [0.1, 0.15) is 5.75 Å². The summed E-state index contributed by atoms with van der Waals surface area (Å²) < 4.78 is 5.38. The molecule has 1 aromatic rings. The fourth-order valence-corrected chi connectivity index (χ4v) is 2.09. The van der Waals surface area contributed by atoms with Crippen molar-refractivity contribution < 1.29 is 19.4 Å². The molecular weight excluding hydrogens is 256 g/mol. The summed E-state index contributed by atoms with van der Waals surface area (Å²) in [7, 11) is 1.61. The third-order valence-corrected chi connectivity index (χ3v) is 3.22. The Labute approximate surface area is 119 Å². The van der Waals surface area contributed by atoms with Gasteiger partial charge in [0.05, 0.1) is 13.5 Å². The predicted octanol–water partition coefficient (Wildman–Crippen LogP) is 3.35. The molecule has 1 N–H and O–H groups in total. The van der Waals surface area contributed by atoms with Crippen LogP contribution in [0.25, 0.3) is 0 Å². The molecule has 0 aliphatic rings. The fourth-order valence-electron chi connectivity index (χ4n) is 2.09. The minimum atomic E-state index is -0.958. The van der Waals surface area contributed by atoms with Crippen molar-refractivity contribution in [1.82, 2.24) is 0 Å². The lowest BCUT2D eigenvalue weighted by Gasteiger charge is -2.23. The largest absolute Gasteiger partial charge is 0.496 e. The number of carboxylic acid groups (broad SMARTS) is 1. The number of hydrogen-bond acceptors (Lipinski definition) is 3. The van der Waals surface area contributed by atoms with Crippen molar-refractivity contribution in [2.24, 2.45) is 0 Å². The number of carbonyl (C=O) groups is 2. The van der Waals surface area contributed by atoms with E-state index >= 15 is 0 Å². The van der Waals surface area contributed by atoms with E-state index in [1.165, 1.54) is 0 Å². The number of rotatable bonds is 5. The van der Waals surface area contributed by atoms with E-state index in [0.29, 0.717) is 5.56 Å². The Morgan fingerprint density at radius 1 is 1.20 bits per heavy atom. The van der Waals surface area contributed by atoms with Crippen LogP contribution in [0.1, 0.15) is 55.1 Å². The van der Waals surface area contributed by atoms with Gasteiger partial charge in [-0.05, 0) is 30.0 Å². The van der Waals surface area contributed by atoms with Crippen LogP contribution in [0.2, 0.25) is 0 Å². The number of aliphatic carboxylic acids is 1. The highest BCUT2D eigenvalue weighted by atomic mass is 16.5. The molecule has 4 heteroatoms. The summed E-state index contributed by atoms with van der Waals surface area (Å²) in [5.74, 6) is -0.344. The zero-order chi connectivity index (χ0) is 15.5. The molecule has 0 radical (unpaired) electrons. The lowest BCUT2D eigenvalue weighted by atomic mass is 9.83. The number of aryl methyl sites for hydroxylation is 1. The molecule has 0 atom stereocenters. The average Bonchev–Trinajstić information content (AvgIpc) is 2.33. The van der Waals surface area contributed by atoms with Gasteiger partial charge in [-0.25, -0.2) is 0 Å². The van der Waals surface area contributed by atoms with E-state index in [4.69, 9.17) is 9.84 Å². The molecule has 1 rings (SSSR count). The first kappa shape index (κ1) is 16.2. The molecule has 0 spiro atoms. The van der Waals surface area contributed by atoms with E-state index in [1.807, 2.05) is 39.8 Å². The van der Waals surface area contributed by atoms with Crippen LogP contribution in [0.3, 0.4) is 0 Å². The summed E-state index contributed by atoms with van der Waals surface area (Å²) in [4.78, 5) is 22.7. The number of methoxy groups -OCH3 is 1. The Morgan fingerprint density at radius 3 is 2.25 bits per heavy atom. The Kier molecular flexibility index (Phi) is 4.93. The predicted molar refractivity (Wildman–Crippen MR) is 77.6 cm³/mol. The molecule has 0 fully saturated rings. The number of ether oxygens (including phenoxy) is 1. The van der Waals surface area contributed by atoms with Crippen molar-refractivity contribution in [2.75, 3.05) is 7.11 Å². The number of Topliss-reactive ketones (excluding diaryl/α,β-unsaturated/α-hetero) is 1. The van der Waals surface area contributed by atoms with Crippen molar-refractivity contribution in [3.63, 3.8) is 0 Å². The molecule has 0 saturated carbocycles. The van der Waals surface area contributed by atoms with E-state index < -0.39 is 5.97 Å². The van der Waals surface area contributed by atoms with Gasteiger partial charge in [-0.3, -0.25) is 9.59 Å². The quantitative estimate of drug-likeness (QED) is 0.839. The molecule has 1 aromatic carbocycles. The van der Waals surface area contributed by atoms with Crippen LogP contribution in [0, 0.1) is 6.92 Å². The maximum Gasteiger partial charge on any atom is 0.303 e. The minimum absolute atomic E-state index is 0.0199. The van der Waals surface area contributed by atoms with E-state index in [2.05, 4.69) is 0 Å². The molecular formula is C16H22O4. The lowest BCUT2D eigenvalue weighted by Crippen LogP contribution is -2.15. The molecule has 0 aliphatic heterocycles. The Bertz CT molecular complexity index is 524. The molecule has 20 heavy (non-hydrogen) atoms. The topological polar surface area (TPSA) is 63.6 Å². The standard InChI is InChI=1S/C16H22O4/c1-10-8-14(20-5)12(16(2,3)4)9-11(10)13(17)6-7-15(18)19/h8-9H,6-7H2,1-5H3,(H,18,19). The smallest absolute Gasteiger partial charge is 0.303 e. The van der Waals surface area contributed by atoms with Gasteiger partial charge in [-0.2, -0.15) is 0 Å². The van der Waals surface area contributed by atoms with Gasteiger partial charge >= 0.3 is 5.97 Å². The normalized spacial score (nSPS) is 11.2. The van der Waals surface area contributed by atoms with Crippen LogP contribution in [-0.2, 0) is 10.2 Å². The van der Waals surface area contributed by atoms with Gasteiger partial charge < -0.3 is 9.84 Å². The first-order chi connectivity index (χ1) is 9.16. The monoisotopic (exact) mass is 278 g/mol. The second kappa shape index (κ2) is 6.07. The van der Waals surface area contributed by atoms with Crippen molar-refractivity contribution >= 4 is 11.8 Å². The van der Waals surface area contributed by atoms with Crippen LogP contribution in [0.15, 0.2) is 12.1 Å². The first-order valence-electron chi connectivity index (χ1n) is 6.61. The van der Waals surface area contributed by atoms with E-state index in [9.17, 15) is 9.59 Å². The van der Waals surface area contributed by atoms with Crippen molar-refractivity contribution in [3.05, 3.63) is 28.8 Å². The highest BCUT2D eigenvalue weighted by molar-refractivity contribution is 5.99. The van der Waals surface area contributed by atoms with Gasteiger partial charge in [0.2, 0.25) is 0 Å². The van der Waals surface area contributed by atoms with Gasteiger partial charge in [0, 0.05) is 17.5 Å². The van der Waals surface area contributed by atoms with Crippen LogP contribution in [0.5, 0.6) is 5.75 Å². The number of benzene rings is 1. The van der Waals surface area contributed by atoms with Crippen molar-refractivity contribution in [3.8, 4) is 5.75 Å². The number of hydrogen-bond donors (Lipinski definition) is 1. The molecule has 0 aliphatic carbocycles. The Balaban J connectivity index is 3.21. The third-order valence-electron chi connectivity index (χ3n) is 3.22. The molecule has 0 saturated heterocycles. The van der Waals surface area contributed by atoms with Gasteiger partial charge in [0.25, 0.3) is 0 Å². The molecule has 0 amide bonds. The first-order valence-corrected chi connectivity index (χ1v) is 6.61. The summed E-state index contributed by atoms with van der Waals surface area (Å²) in [6.07, 6.45) is -0.124. The summed E-state index contributed by atoms with van der Waals surface area (Å²) in [5.41, 5.74) is 2.19. The van der Waals surface area contributed by atoms with E-state index in [0.717, 1.165) is 16.9 Å². The lowest BCUT2D eigenvalue weighted by molar-refractivity contribution is -0.136. The second-order valence-electron chi connectivity index (χ2n) is 5.93. The van der Waals surface area contributed by atoms with Gasteiger partial charge in [-0.1, -0.05) is 20.8 Å². The molecule has 0 unspecified atom stereocenters.